The first-order chi connectivity index (χ1) is 9.07. The van der Waals surface area contributed by atoms with Crippen LogP contribution in [0.3, 0.4) is 0 Å². The van der Waals surface area contributed by atoms with Crippen LogP contribution in [0, 0.1) is 0 Å². The zero-order chi connectivity index (χ0) is 13.7. The van der Waals surface area contributed by atoms with E-state index in [1.165, 1.54) is 7.11 Å². The van der Waals surface area contributed by atoms with Crippen molar-refractivity contribution in [3.05, 3.63) is 29.3 Å². The molecule has 1 spiro atoms. The lowest BCUT2D eigenvalue weighted by Crippen LogP contribution is -2.31. The second-order valence-corrected chi connectivity index (χ2v) is 5.42. The fourth-order valence-corrected chi connectivity index (χ4v) is 3.34. The SMILES string of the molecule is COC(=O)C1(Cl)OC12CCCc1ccc(OC)cc12. The molecule has 1 aromatic carbocycles. The van der Waals surface area contributed by atoms with Crippen molar-refractivity contribution in [1.29, 1.82) is 0 Å². The normalized spacial score (nSPS) is 31.7. The average Bonchev–Trinajstić information content (AvgIpc) is 3.05. The van der Waals surface area contributed by atoms with Crippen LogP contribution in [0.15, 0.2) is 18.2 Å². The summed E-state index contributed by atoms with van der Waals surface area (Å²) in [5.74, 6) is 0.198. The molecule has 1 aliphatic heterocycles. The summed E-state index contributed by atoms with van der Waals surface area (Å²) in [6.07, 6.45) is 2.61. The lowest BCUT2D eigenvalue weighted by molar-refractivity contribution is -0.143. The molecule has 1 heterocycles. The third-order valence-corrected chi connectivity index (χ3v) is 4.50. The first-order valence-electron chi connectivity index (χ1n) is 6.22. The monoisotopic (exact) mass is 282 g/mol. The molecule has 0 aromatic heterocycles. The van der Waals surface area contributed by atoms with Gasteiger partial charge in [-0.3, -0.25) is 0 Å². The van der Waals surface area contributed by atoms with E-state index >= 15 is 0 Å². The third-order valence-electron chi connectivity index (χ3n) is 3.97. The van der Waals surface area contributed by atoms with Gasteiger partial charge in [-0.15, -0.1) is 0 Å². The van der Waals surface area contributed by atoms with Crippen LogP contribution < -0.4 is 4.74 Å². The maximum absolute atomic E-state index is 11.8. The van der Waals surface area contributed by atoms with Gasteiger partial charge < -0.3 is 14.2 Å². The molecule has 0 radical (unpaired) electrons. The number of hydrogen-bond donors (Lipinski definition) is 0. The number of aryl methyl sites for hydroxylation is 1. The summed E-state index contributed by atoms with van der Waals surface area (Å²) >= 11 is 6.32. The van der Waals surface area contributed by atoms with E-state index in [2.05, 4.69) is 0 Å². The van der Waals surface area contributed by atoms with E-state index in [1.807, 2.05) is 18.2 Å². The predicted molar refractivity (Wildman–Crippen MR) is 69.3 cm³/mol. The van der Waals surface area contributed by atoms with Gasteiger partial charge in [0.05, 0.1) is 14.2 Å². The summed E-state index contributed by atoms with van der Waals surface area (Å²) < 4.78 is 15.6. The van der Waals surface area contributed by atoms with Gasteiger partial charge in [0.1, 0.15) is 5.75 Å². The van der Waals surface area contributed by atoms with Crippen LogP contribution in [-0.4, -0.2) is 25.2 Å². The summed E-state index contributed by atoms with van der Waals surface area (Å²) in [7, 11) is 2.93. The van der Waals surface area contributed by atoms with Gasteiger partial charge in [-0.1, -0.05) is 17.7 Å². The zero-order valence-electron chi connectivity index (χ0n) is 10.9. The summed E-state index contributed by atoms with van der Waals surface area (Å²) in [5.41, 5.74) is 1.33. The van der Waals surface area contributed by atoms with Crippen LogP contribution in [0.4, 0.5) is 0 Å². The fourth-order valence-electron chi connectivity index (χ4n) is 2.93. The van der Waals surface area contributed by atoms with Gasteiger partial charge in [0, 0.05) is 0 Å². The Hall–Kier alpha value is -1.26. The number of rotatable bonds is 2. The predicted octanol–water partition coefficient (Wildman–Crippen LogP) is 2.37. The minimum Gasteiger partial charge on any atom is -0.497 e. The van der Waals surface area contributed by atoms with E-state index in [0.717, 1.165) is 29.7 Å². The minimum absolute atomic E-state index is 0.537. The number of ether oxygens (including phenoxy) is 3. The molecule has 3 rings (SSSR count). The van der Waals surface area contributed by atoms with Crippen LogP contribution in [0.2, 0.25) is 0 Å². The molecule has 0 bridgehead atoms. The van der Waals surface area contributed by atoms with Crippen molar-refractivity contribution >= 4 is 17.6 Å². The summed E-state index contributed by atoms with van der Waals surface area (Å²) in [6.45, 7) is 0. The summed E-state index contributed by atoms with van der Waals surface area (Å²) in [4.78, 5) is 11.8. The topological polar surface area (TPSA) is 48.1 Å². The molecule has 0 saturated carbocycles. The van der Waals surface area contributed by atoms with Gasteiger partial charge in [0.2, 0.25) is 0 Å². The van der Waals surface area contributed by atoms with E-state index in [-0.39, 0.29) is 0 Å². The highest BCUT2D eigenvalue weighted by Crippen LogP contribution is 2.64. The van der Waals surface area contributed by atoms with Gasteiger partial charge in [0.25, 0.3) is 5.06 Å². The van der Waals surface area contributed by atoms with Gasteiger partial charge in [0.15, 0.2) is 5.60 Å². The van der Waals surface area contributed by atoms with Gasteiger partial charge >= 0.3 is 5.97 Å². The lowest BCUT2D eigenvalue weighted by atomic mass is 9.80. The number of epoxide rings is 1. The first kappa shape index (κ1) is 12.8. The Labute approximate surface area is 116 Å². The van der Waals surface area contributed by atoms with Crippen LogP contribution >= 0.6 is 11.6 Å². The molecule has 4 nitrogen and oxygen atoms in total. The molecule has 5 heteroatoms. The molecular formula is C14H15ClO4. The van der Waals surface area contributed by atoms with Crippen molar-refractivity contribution in [2.24, 2.45) is 0 Å². The van der Waals surface area contributed by atoms with Gasteiger partial charge in [-0.05, 0) is 42.5 Å². The molecule has 19 heavy (non-hydrogen) atoms. The molecule has 0 N–H and O–H groups in total. The third kappa shape index (κ3) is 1.60. The Morgan fingerprint density at radius 2 is 2.21 bits per heavy atom. The Kier molecular flexibility index (Phi) is 2.76. The van der Waals surface area contributed by atoms with Crippen LogP contribution in [0.1, 0.15) is 24.0 Å². The summed E-state index contributed by atoms with van der Waals surface area (Å²) in [6, 6.07) is 5.82. The molecule has 102 valence electrons. The van der Waals surface area contributed by atoms with Crippen molar-refractivity contribution in [2.45, 2.75) is 29.9 Å². The molecule has 2 aliphatic rings. The Bertz CT molecular complexity index is 544. The molecule has 2 unspecified atom stereocenters. The van der Waals surface area contributed by atoms with E-state index in [0.29, 0.717) is 6.42 Å². The van der Waals surface area contributed by atoms with Crippen molar-refractivity contribution in [3.8, 4) is 5.75 Å². The highest BCUT2D eigenvalue weighted by Gasteiger charge is 2.76. The number of hydrogen-bond acceptors (Lipinski definition) is 4. The molecule has 2 atom stereocenters. The van der Waals surface area contributed by atoms with Crippen molar-refractivity contribution in [3.63, 3.8) is 0 Å². The number of methoxy groups -OCH3 is 2. The van der Waals surface area contributed by atoms with Gasteiger partial charge in [-0.2, -0.15) is 0 Å². The number of esters is 1. The molecule has 1 saturated heterocycles. The molecule has 1 aromatic rings. The summed E-state index contributed by atoms with van der Waals surface area (Å²) in [5, 5.41) is -1.39. The van der Waals surface area contributed by atoms with E-state index in [4.69, 9.17) is 25.8 Å². The highest BCUT2D eigenvalue weighted by molar-refractivity contribution is 6.36. The minimum atomic E-state index is -1.39. The van der Waals surface area contributed by atoms with E-state index in [9.17, 15) is 4.79 Å². The molecule has 0 amide bonds. The number of fused-ring (bicyclic) bond motifs is 2. The van der Waals surface area contributed by atoms with Crippen molar-refractivity contribution in [1.82, 2.24) is 0 Å². The van der Waals surface area contributed by atoms with Crippen LogP contribution in [0.25, 0.3) is 0 Å². The maximum atomic E-state index is 11.8. The van der Waals surface area contributed by atoms with Crippen molar-refractivity contribution < 1.29 is 19.0 Å². The van der Waals surface area contributed by atoms with Crippen LogP contribution in [0.5, 0.6) is 5.75 Å². The van der Waals surface area contributed by atoms with Gasteiger partial charge in [-0.25, -0.2) is 4.79 Å². The van der Waals surface area contributed by atoms with Crippen molar-refractivity contribution in [2.75, 3.05) is 14.2 Å². The maximum Gasteiger partial charge on any atom is 0.357 e. The highest BCUT2D eigenvalue weighted by atomic mass is 35.5. The fraction of sp³-hybridized carbons (Fsp3) is 0.500. The lowest BCUT2D eigenvalue weighted by Gasteiger charge is -2.24. The number of alkyl halides is 1. The number of benzene rings is 1. The number of carbonyl (C=O) groups is 1. The van der Waals surface area contributed by atoms with Crippen LogP contribution in [-0.2, 0) is 26.3 Å². The largest absolute Gasteiger partial charge is 0.497 e. The molecule has 1 aliphatic carbocycles. The first-order valence-corrected chi connectivity index (χ1v) is 6.60. The Morgan fingerprint density at radius 3 is 2.89 bits per heavy atom. The number of halogens is 1. The zero-order valence-corrected chi connectivity index (χ0v) is 11.6. The standard InChI is InChI=1S/C14H15ClO4/c1-17-10-6-5-9-4-3-7-13(11(9)8-10)14(15,19-13)12(16)18-2/h5-6,8H,3-4,7H2,1-2H3. The Morgan fingerprint density at radius 1 is 1.42 bits per heavy atom. The second kappa shape index (κ2) is 4.12. The second-order valence-electron chi connectivity index (χ2n) is 4.89. The smallest absolute Gasteiger partial charge is 0.357 e. The van der Waals surface area contributed by atoms with E-state index < -0.39 is 16.6 Å². The Balaban J connectivity index is 2.07. The molecular weight excluding hydrogens is 268 g/mol. The quantitative estimate of drug-likeness (QED) is 0.475. The number of carbonyl (C=O) groups excluding carboxylic acids is 1. The average molecular weight is 283 g/mol. The molecule has 1 fully saturated rings. The van der Waals surface area contributed by atoms with E-state index in [1.54, 1.807) is 7.11 Å².